The molecule has 1 amide bonds. The molecule has 3 rings (SSSR count). The minimum Gasteiger partial charge on any atom is -0.468 e. The van der Waals surface area contributed by atoms with Crippen LogP contribution in [0.1, 0.15) is 17.7 Å². The molecule has 1 aromatic carbocycles. The van der Waals surface area contributed by atoms with Crippen LogP contribution in [0.2, 0.25) is 0 Å². The molecule has 0 spiro atoms. The van der Waals surface area contributed by atoms with Gasteiger partial charge in [-0.15, -0.1) is 0 Å². The Morgan fingerprint density at radius 1 is 1.21 bits per heavy atom. The SMILES string of the molecule is O=C(CN(Cc1ccco1)C1CCS(=O)(=O)C1)Nc1ccccc1C(F)(F)F. The predicted molar refractivity (Wildman–Crippen MR) is 96.3 cm³/mol. The number of carbonyl (C=O) groups excluding carboxylic acids is 1. The summed E-state index contributed by atoms with van der Waals surface area (Å²) in [6, 6.07) is 7.65. The largest absolute Gasteiger partial charge is 0.468 e. The number of halogens is 3. The highest BCUT2D eigenvalue weighted by molar-refractivity contribution is 7.91. The van der Waals surface area contributed by atoms with Crippen molar-refractivity contribution in [3.05, 3.63) is 54.0 Å². The van der Waals surface area contributed by atoms with Crippen LogP contribution in [-0.4, -0.2) is 43.3 Å². The summed E-state index contributed by atoms with van der Waals surface area (Å²) < 4.78 is 68.2. The molecule has 6 nitrogen and oxygen atoms in total. The molecule has 1 aliphatic rings. The van der Waals surface area contributed by atoms with Crippen molar-refractivity contribution in [2.24, 2.45) is 0 Å². The lowest BCUT2D eigenvalue weighted by atomic mass is 10.1. The maximum atomic E-state index is 13.1. The van der Waals surface area contributed by atoms with E-state index in [9.17, 15) is 26.4 Å². The summed E-state index contributed by atoms with van der Waals surface area (Å²) in [4.78, 5) is 14.1. The van der Waals surface area contributed by atoms with Gasteiger partial charge >= 0.3 is 6.18 Å². The Morgan fingerprint density at radius 3 is 2.57 bits per heavy atom. The zero-order valence-electron chi connectivity index (χ0n) is 14.8. The Morgan fingerprint density at radius 2 is 1.96 bits per heavy atom. The quantitative estimate of drug-likeness (QED) is 0.783. The number of sulfone groups is 1. The third-order valence-electron chi connectivity index (χ3n) is 4.52. The van der Waals surface area contributed by atoms with Crippen LogP contribution in [0.4, 0.5) is 18.9 Å². The van der Waals surface area contributed by atoms with Gasteiger partial charge in [-0.3, -0.25) is 9.69 Å². The minimum absolute atomic E-state index is 0.0187. The predicted octanol–water partition coefficient (Wildman–Crippen LogP) is 2.93. The van der Waals surface area contributed by atoms with Gasteiger partial charge < -0.3 is 9.73 Å². The number of nitrogens with one attached hydrogen (secondary N) is 1. The Kier molecular flexibility index (Phi) is 5.80. The number of nitrogens with zero attached hydrogens (tertiary/aromatic N) is 1. The number of furan rings is 1. The van der Waals surface area contributed by atoms with Gasteiger partial charge in [0, 0.05) is 6.04 Å². The molecule has 28 heavy (non-hydrogen) atoms. The molecule has 1 aliphatic heterocycles. The molecule has 2 aromatic rings. The molecule has 1 N–H and O–H groups in total. The number of rotatable bonds is 6. The van der Waals surface area contributed by atoms with Crippen molar-refractivity contribution in [3.63, 3.8) is 0 Å². The van der Waals surface area contributed by atoms with E-state index in [0.29, 0.717) is 12.2 Å². The highest BCUT2D eigenvalue weighted by Crippen LogP contribution is 2.34. The van der Waals surface area contributed by atoms with Gasteiger partial charge in [-0.2, -0.15) is 13.2 Å². The zero-order chi connectivity index (χ0) is 20.4. The molecule has 0 radical (unpaired) electrons. The van der Waals surface area contributed by atoms with E-state index < -0.39 is 33.5 Å². The molecular weight excluding hydrogens is 397 g/mol. The first-order chi connectivity index (χ1) is 13.1. The second kappa shape index (κ2) is 7.96. The van der Waals surface area contributed by atoms with Crippen LogP contribution in [0.3, 0.4) is 0 Å². The Balaban J connectivity index is 1.75. The number of amides is 1. The Labute approximate surface area is 160 Å². The van der Waals surface area contributed by atoms with Crippen molar-refractivity contribution in [2.75, 3.05) is 23.4 Å². The molecule has 0 aliphatic carbocycles. The first-order valence-electron chi connectivity index (χ1n) is 8.57. The molecule has 2 heterocycles. The summed E-state index contributed by atoms with van der Waals surface area (Å²) in [5.74, 6) is -0.203. The van der Waals surface area contributed by atoms with Crippen LogP contribution < -0.4 is 5.32 Å². The standard InChI is InChI=1S/C18H19F3N2O4S/c19-18(20,21)15-5-1-2-6-16(15)22-17(24)11-23(10-14-4-3-8-27-14)13-7-9-28(25,26)12-13/h1-6,8,13H,7,9-12H2,(H,22,24). The molecule has 152 valence electrons. The first kappa shape index (κ1) is 20.4. The second-order valence-electron chi connectivity index (χ2n) is 6.63. The molecular formula is C18H19F3N2O4S. The van der Waals surface area contributed by atoms with Crippen LogP contribution in [0.5, 0.6) is 0 Å². The number of hydrogen-bond acceptors (Lipinski definition) is 5. The highest BCUT2D eigenvalue weighted by Gasteiger charge is 2.35. The van der Waals surface area contributed by atoms with Gasteiger partial charge in [0.25, 0.3) is 0 Å². The van der Waals surface area contributed by atoms with E-state index in [1.165, 1.54) is 24.5 Å². The van der Waals surface area contributed by atoms with Gasteiger partial charge in [-0.25, -0.2) is 8.42 Å². The number of alkyl halides is 3. The lowest BCUT2D eigenvalue weighted by molar-refractivity contribution is -0.137. The molecule has 0 saturated carbocycles. The number of benzene rings is 1. The Hall–Kier alpha value is -2.33. The summed E-state index contributed by atoms with van der Waals surface area (Å²) in [7, 11) is -3.19. The first-order valence-corrected chi connectivity index (χ1v) is 10.4. The number of anilines is 1. The summed E-state index contributed by atoms with van der Waals surface area (Å²) >= 11 is 0. The van der Waals surface area contributed by atoms with Gasteiger partial charge in [0.05, 0.1) is 42.1 Å². The highest BCUT2D eigenvalue weighted by atomic mass is 32.2. The fourth-order valence-corrected chi connectivity index (χ4v) is 4.96. The van der Waals surface area contributed by atoms with E-state index in [1.54, 1.807) is 17.0 Å². The van der Waals surface area contributed by atoms with Crippen molar-refractivity contribution >= 4 is 21.4 Å². The van der Waals surface area contributed by atoms with E-state index >= 15 is 0 Å². The van der Waals surface area contributed by atoms with Crippen molar-refractivity contribution in [1.82, 2.24) is 4.90 Å². The summed E-state index contributed by atoms with van der Waals surface area (Å²) in [6.07, 6.45) is -2.79. The molecule has 10 heteroatoms. The summed E-state index contributed by atoms with van der Waals surface area (Å²) in [6.45, 7) is -0.0748. The van der Waals surface area contributed by atoms with E-state index in [2.05, 4.69) is 5.32 Å². The van der Waals surface area contributed by atoms with Gasteiger partial charge in [-0.05, 0) is 30.7 Å². The lowest BCUT2D eigenvalue weighted by Crippen LogP contribution is -2.41. The summed E-state index contributed by atoms with van der Waals surface area (Å²) in [5, 5.41) is 2.29. The van der Waals surface area contributed by atoms with Gasteiger partial charge in [0.1, 0.15) is 5.76 Å². The van der Waals surface area contributed by atoms with Crippen molar-refractivity contribution in [1.29, 1.82) is 0 Å². The maximum Gasteiger partial charge on any atom is 0.418 e. The molecule has 0 bridgehead atoms. The fraction of sp³-hybridized carbons (Fsp3) is 0.389. The topological polar surface area (TPSA) is 79.6 Å². The average molecular weight is 416 g/mol. The Bertz CT molecular complexity index is 927. The molecule has 1 saturated heterocycles. The van der Waals surface area contributed by atoms with Crippen molar-refractivity contribution < 1.29 is 30.8 Å². The van der Waals surface area contributed by atoms with E-state index in [4.69, 9.17) is 4.42 Å². The number of para-hydroxylation sites is 1. The van der Waals surface area contributed by atoms with Crippen LogP contribution in [-0.2, 0) is 27.4 Å². The van der Waals surface area contributed by atoms with E-state index in [-0.39, 0.29) is 30.3 Å². The van der Waals surface area contributed by atoms with Crippen molar-refractivity contribution in [2.45, 2.75) is 25.2 Å². The van der Waals surface area contributed by atoms with Gasteiger partial charge in [0.15, 0.2) is 9.84 Å². The fourth-order valence-electron chi connectivity index (χ4n) is 3.19. The molecule has 1 atom stereocenters. The van der Waals surface area contributed by atoms with E-state index in [1.807, 2.05) is 0 Å². The van der Waals surface area contributed by atoms with Crippen molar-refractivity contribution in [3.8, 4) is 0 Å². The van der Waals surface area contributed by atoms with Gasteiger partial charge in [-0.1, -0.05) is 12.1 Å². The van der Waals surface area contributed by atoms with E-state index in [0.717, 1.165) is 6.07 Å². The number of carbonyl (C=O) groups is 1. The second-order valence-corrected chi connectivity index (χ2v) is 8.86. The van der Waals surface area contributed by atoms with Crippen LogP contribution in [0.15, 0.2) is 47.1 Å². The minimum atomic E-state index is -4.60. The van der Waals surface area contributed by atoms with Crippen LogP contribution in [0.25, 0.3) is 0 Å². The summed E-state index contributed by atoms with van der Waals surface area (Å²) in [5.41, 5.74) is -1.28. The third kappa shape index (κ3) is 5.14. The lowest BCUT2D eigenvalue weighted by Gasteiger charge is -2.26. The molecule has 1 aromatic heterocycles. The van der Waals surface area contributed by atoms with Gasteiger partial charge in [0.2, 0.25) is 5.91 Å². The molecule has 1 unspecified atom stereocenters. The monoisotopic (exact) mass is 416 g/mol. The maximum absolute atomic E-state index is 13.1. The number of hydrogen-bond donors (Lipinski definition) is 1. The van der Waals surface area contributed by atoms with Crippen LogP contribution in [0, 0.1) is 0 Å². The van der Waals surface area contributed by atoms with Crippen LogP contribution >= 0.6 is 0 Å². The third-order valence-corrected chi connectivity index (χ3v) is 6.27. The average Bonchev–Trinajstić information content (AvgIpc) is 3.23. The normalized spacial score (nSPS) is 19.1. The zero-order valence-corrected chi connectivity index (χ0v) is 15.6. The smallest absolute Gasteiger partial charge is 0.418 e. The molecule has 1 fully saturated rings.